The lowest BCUT2D eigenvalue weighted by molar-refractivity contribution is -0.121. The number of hydrogen-bond acceptors (Lipinski definition) is 3. The van der Waals surface area contributed by atoms with Gasteiger partial charge in [0.1, 0.15) is 0 Å². The van der Waals surface area contributed by atoms with Crippen LogP contribution in [-0.4, -0.2) is 39.8 Å². The fourth-order valence-corrected chi connectivity index (χ4v) is 1.15. The van der Waals surface area contributed by atoms with E-state index < -0.39 is 0 Å². The smallest absolute Gasteiger partial charge is 0.220 e. The second-order valence-electron chi connectivity index (χ2n) is 3.57. The van der Waals surface area contributed by atoms with E-state index in [2.05, 4.69) is 17.6 Å². The number of methoxy groups -OCH3 is 1. The van der Waals surface area contributed by atoms with Crippen LogP contribution in [0.4, 0.5) is 0 Å². The van der Waals surface area contributed by atoms with Crippen molar-refractivity contribution in [2.45, 2.75) is 19.8 Å². The van der Waals surface area contributed by atoms with Gasteiger partial charge in [-0.05, 0) is 25.9 Å². The lowest BCUT2D eigenvalue weighted by Crippen LogP contribution is -2.30. The van der Waals surface area contributed by atoms with Crippen LogP contribution in [0.15, 0.2) is 0 Å². The average molecular weight is 202 g/mol. The molecule has 0 saturated carbocycles. The van der Waals surface area contributed by atoms with Gasteiger partial charge in [0.15, 0.2) is 0 Å². The summed E-state index contributed by atoms with van der Waals surface area (Å²) in [4.78, 5) is 11.2. The van der Waals surface area contributed by atoms with Crippen LogP contribution in [0.25, 0.3) is 0 Å². The second-order valence-corrected chi connectivity index (χ2v) is 3.57. The minimum Gasteiger partial charge on any atom is -0.384 e. The minimum absolute atomic E-state index is 0.128. The van der Waals surface area contributed by atoms with Crippen molar-refractivity contribution in [3.63, 3.8) is 0 Å². The number of hydrogen-bond donors (Lipinski definition) is 2. The summed E-state index contributed by atoms with van der Waals surface area (Å²) in [6, 6.07) is 0. The molecule has 0 aromatic carbocycles. The molecule has 84 valence electrons. The van der Waals surface area contributed by atoms with Gasteiger partial charge in [-0.25, -0.2) is 0 Å². The molecule has 0 saturated heterocycles. The monoisotopic (exact) mass is 202 g/mol. The van der Waals surface area contributed by atoms with Gasteiger partial charge < -0.3 is 15.4 Å². The standard InChI is InChI=1S/C10H22N2O2/c1-9(8-14-3)7-12-10(13)5-4-6-11-2/h9,11H,4-8H2,1-3H3,(H,12,13). The van der Waals surface area contributed by atoms with Crippen molar-refractivity contribution in [1.29, 1.82) is 0 Å². The van der Waals surface area contributed by atoms with Crippen LogP contribution < -0.4 is 10.6 Å². The molecule has 0 aliphatic carbocycles. The number of amides is 1. The SMILES string of the molecule is CNCCCC(=O)NCC(C)COC. The van der Waals surface area contributed by atoms with Gasteiger partial charge in [-0.3, -0.25) is 4.79 Å². The van der Waals surface area contributed by atoms with Crippen molar-refractivity contribution in [2.24, 2.45) is 5.92 Å². The molecule has 0 radical (unpaired) electrons. The van der Waals surface area contributed by atoms with Crippen molar-refractivity contribution < 1.29 is 9.53 Å². The number of rotatable bonds is 8. The van der Waals surface area contributed by atoms with Gasteiger partial charge in [-0.2, -0.15) is 0 Å². The van der Waals surface area contributed by atoms with Crippen LogP contribution in [-0.2, 0) is 9.53 Å². The third-order valence-electron chi connectivity index (χ3n) is 1.93. The van der Waals surface area contributed by atoms with Crippen LogP contribution in [0, 0.1) is 5.92 Å². The van der Waals surface area contributed by atoms with Crippen molar-refractivity contribution in [3.05, 3.63) is 0 Å². The van der Waals surface area contributed by atoms with E-state index in [0.717, 1.165) is 13.0 Å². The first kappa shape index (κ1) is 13.4. The van der Waals surface area contributed by atoms with Gasteiger partial charge in [0.05, 0.1) is 6.61 Å². The molecular weight excluding hydrogens is 180 g/mol. The van der Waals surface area contributed by atoms with Crippen LogP contribution >= 0.6 is 0 Å². The second kappa shape index (κ2) is 8.97. The Hall–Kier alpha value is -0.610. The zero-order chi connectivity index (χ0) is 10.8. The Morgan fingerprint density at radius 2 is 2.21 bits per heavy atom. The third-order valence-corrected chi connectivity index (χ3v) is 1.93. The van der Waals surface area contributed by atoms with Gasteiger partial charge in [-0.15, -0.1) is 0 Å². The van der Waals surface area contributed by atoms with Gasteiger partial charge in [0, 0.05) is 20.1 Å². The van der Waals surface area contributed by atoms with Gasteiger partial charge >= 0.3 is 0 Å². The van der Waals surface area contributed by atoms with E-state index >= 15 is 0 Å². The van der Waals surface area contributed by atoms with E-state index in [1.165, 1.54) is 0 Å². The Morgan fingerprint density at radius 3 is 2.79 bits per heavy atom. The lowest BCUT2D eigenvalue weighted by Gasteiger charge is -2.11. The fourth-order valence-electron chi connectivity index (χ4n) is 1.15. The maximum absolute atomic E-state index is 11.2. The number of ether oxygens (including phenoxy) is 1. The van der Waals surface area contributed by atoms with E-state index in [1.54, 1.807) is 7.11 Å². The normalized spacial score (nSPS) is 12.5. The van der Waals surface area contributed by atoms with Gasteiger partial charge in [0.2, 0.25) is 5.91 Å². The highest BCUT2D eigenvalue weighted by atomic mass is 16.5. The lowest BCUT2D eigenvalue weighted by atomic mass is 10.2. The summed E-state index contributed by atoms with van der Waals surface area (Å²) in [7, 11) is 3.56. The first-order chi connectivity index (χ1) is 6.70. The quantitative estimate of drug-likeness (QED) is 0.560. The molecule has 0 aromatic heterocycles. The average Bonchev–Trinajstić information content (AvgIpc) is 2.16. The molecule has 2 N–H and O–H groups in total. The number of carbonyl (C=O) groups is 1. The predicted octanol–water partition coefficient (Wildman–Crippen LogP) is 0.385. The minimum atomic E-state index is 0.128. The van der Waals surface area contributed by atoms with E-state index in [9.17, 15) is 4.79 Å². The van der Waals surface area contributed by atoms with Gasteiger partial charge in [0.25, 0.3) is 0 Å². The zero-order valence-electron chi connectivity index (χ0n) is 9.43. The Labute approximate surface area is 86.4 Å². The predicted molar refractivity (Wildman–Crippen MR) is 57.2 cm³/mol. The molecule has 1 amide bonds. The summed E-state index contributed by atoms with van der Waals surface area (Å²) in [5.74, 6) is 0.511. The van der Waals surface area contributed by atoms with Crippen LogP contribution in [0.5, 0.6) is 0 Å². The van der Waals surface area contributed by atoms with Gasteiger partial charge in [-0.1, -0.05) is 6.92 Å². The maximum atomic E-state index is 11.2. The Bertz CT molecular complexity index is 151. The molecule has 0 fully saturated rings. The maximum Gasteiger partial charge on any atom is 0.220 e. The number of nitrogens with one attached hydrogen (secondary N) is 2. The molecule has 0 aromatic rings. The summed E-state index contributed by atoms with van der Waals surface area (Å²) in [5, 5.41) is 5.89. The third kappa shape index (κ3) is 8.01. The topological polar surface area (TPSA) is 50.4 Å². The summed E-state index contributed by atoms with van der Waals surface area (Å²) in [6.07, 6.45) is 1.49. The molecule has 14 heavy (non-hydrogen) atoms. The Balaban J connectivity index is 3.34. The molecular formula is C10H22N2O2. The van der Waals surface area contributed by atoms with E-state index in [1.807, 2.05) is 7.05 Å². The Kier molecular flexibility index (Phi) is 8.57. The summed E-state index contributed by atoms with van der Waals surface area (Å²) < 4.78 is 4.97. The highest BCUT2D eigenvalue weighted by Gasteiger charge is 2.04. The molecule has 1 unspecified atom stereocenters. The molecule has 4 nitrogen and oxygen atoms in total. The molecule has 0 heterocycles. The van der Waals surface area contributed by atoms with E-state index in [4.69, 9.17) is 4.74 Å². The fraction of sp³-hybridized carbons (Fsp3) is 0.900. The molecule has 0 bridgehead atoms. The summed E-state index contributed by atoms with van der Waals surface area (Å²) >= 11 is 0. The van der Waals surface area contributed by atoms with Crippen LogP contribution in [0.1, 0.15) is 19.8 Å². The summed E-state index contributed by atoms with van der Waals surface area (Å²) in [5.41, 5.74) is 0. The highest BCUT2D eigenvalue weighted by Crippen LogP contribution is 1.93. The first-order valence-electron chi connectivity index (χ1n) is 5.11. The van der Waals surface area contributed by atoms with E-state index in [-0.39, 0.29) is 5.91 Å². The highest BCUT2D eigenvalue weighted by molar-refractivity contribution is 5.75. The van der Waals surface area contributed by atoms with Crippen LogP contribution in [0.2, 0.25) is 0 Å². The van der Waals surface area contributed by atoms with Crippen molar-refractivity contribution in [1.82, 2.24) is 10.6 Å². The van der Waals surface area contributed by atoms with E-state index in [0.29, 0.717) is 25.5 Å². The molecule has 0 aliphatic rings. The molecule has 1 atom stereocenters. The number of carbonyl (C=O) groups excluding carboxylic acids is 1. The van der Waals surface area contributed by atoms with Crippen molar-refractivity contribution in [3.8, 4) is 0 Å². The molecule has 0 spiro atoms. The zero-order valence-corrected chi connectivity index (χ0v) is 9.43. The summed E-state index contributed by atoms with van der Waals surface area (Å²) in [6.45, 7) is 4.33. The first-order valence-corrected chi connectivity index (χ1v) is 5.11. The largest absolute Gasteiger partial charge is 0.384 e. The molecule has 4 heteroatoms. The van der Waals surface area contributed by atoms with Crippen molar-refractivity contribution >= 4 is 5.91 Å². The molecule has 0 aliphatic heterocycles. The Morgan fingerprint density at radius 1 is 1.50 bits per heavy atom. The van der Waals surface area contributed by atoms with Crippen LogP contribution in [0.3, 0.4) is 0 Å². The molecule has 0 rings (SSSR count). The van der Waals surface area contributed by atoms with Crippen molar-refractivity contribution in [2.75, 3.05) is 33.9 Å².